The molecule has 0 saturated heterocycles. The van der Waals surface area contributed by atoms with E-state index in [0.29, 0.717) is 6.04 Å². The Labute approximate surface area is 112 Å². The Morgan fingerprint density at radius 2 is 2.35 bits per heavy atom. The Morgan fingerprint density at radius 1 is 1.59 bits per heavy atom. The number of aromatic nitrogens is 2. The number of hydrogen-bond donors (Lipinski definition) is 1. The molecule has 0 amide bonds. The van der Waals surface area contributed by atoms with Crippen molar-refractivity contribution in [3.8, 4) is 0 Å². The highest BCUT2D eigenvalue weighted by atomic mass is 79.9. The van der Waals surface area contributed by atoms with E-state index in [0.717, 1.165) is 23.4 Å². The topological polar surface area (TPSA) is 29.9 Å². The molecule has 1 heterocycles. The maximum absolute atomic E-state index is 4.46. The zero-order chi connectivity index (χ0) is 12.3. The van der Waals surface area contributed by atoms with E-state index in [4.69, 9.17) is 0 Å². The average molecular weight is 300 g/mol. The van der Waals surface area contributed by atoms with Crippen molar-refractivity contribution >= 4 is 15.9 Å². The SMILES string of the molecule is CCCn1ncc(Br)c1C(CC1CCC1)NC. The molecule has 1 atom stereocenters. The van der Waals surface area contributed by atoms with E-state index in [2.05, 4.69) is 45.0 Å². The van der Waals surface area contributed by atoms with E-state index in [-0.39, 0.29) is 0 Å². The van der Waals surface area contributed by atoms with Gasteiger partial charge in [0.15, 0.2) is 0 Å². The fraction of sp³-hybridized carbons (Fsp3) is 0.769. The van der Waals surface area contributed by atoms with Gasteiger partial charge < -0.3 is 5.32 Å². The van der Waals surface area contributed by atoms with Crippen LogP contribution in [-0.2, 0) is 6.54 Å². The summed E-state index contributed by atoms with van der Waals surface area (Å²) in [6, 6.07) is 0.434. The molecular weight excluding hydrogens is 278 g/mol. The Morgan fingerprint density at radius 3 is 2.88 bits per heavy atom. The second kappa shape index (κ2) is 6.01. The molecule has 2 rings (SSSR count). The van der Waals surface area contributed by atoms with Crippen molar-refractivity contribution in [2.24, 2.45) is 5.92 Å². The lowest BCUT2D eigenvalue weighted by Crippen LogP contribution is -2.26. The minimum atomic E-state index is 0.434. The van der Waals surface area contributed by atoms with Crippen molar-refractivity contribution in [3.05, 3.63) is 16.4 Å². The highest BCUT2D eigenvalue weighted by molar-refractivity contribution is 9.10. The van der Waals surface area contributed by atoms with Crippen LogP contribution in [0, 0.1) is 5.92 Å². The van der Waals surface area contributed by atoms with Gasteiger partial charge in [-0.15, -0.1) is 0 Å². The second-order valence-corrected chi connectivity index (χ2v) is 5.83. The number of nitrogens with zero attached hydrogens (tertiary/aromatic N) is 2. The molecule has 17 heavy (non-hydrogen) atoms. The van der Waals surface area contributed by atoms with Crippen molar-refractivity contribution < 1.29 is 0 Å². The van der Waals surface area contributed by atoms with Crippen LogP contribution in [0.1, 0.15) is 50.8 Å². The van der Waals surface area contributed by atoms with Gasteiger partial charge in [-0.3, -0.25) is 4.68 Å². The summed E-state index contributed by atoms with van der Waals surface area (Å²) < 4.78 is 3.29. The van der Waals surface area contributed by atoms with Gasteiger partial charge in [-0.05, 0) is 41.7 Å². The smallest absolute Gasteiger partial charge is 0.0695 e. The lowest BCUT2D eigenvalue weighted by atomic mass is 9.80. The standard InChI is InChI=1S/C13H22BrN3/c1-3-7-17-13(11(14)9-16-17)12(15-2)8-10-5-4-6-10/h9-10,12,15H,3-8H2,1-2H3. The molecule has 1 unspecified atom stereocenters. The first-order valence-corrected chi connectivity index (χ1v) is 7.44. The van der Waals surface area contributed by atoms with Crippen LogP contribution in [-0.4, -0.2) is 16.8 Å². The highest BCUT2D eigenvalue weighted by Crippen LogP contribution is 2.36. The van der Waals surface area contributed by atoms with Crippen molar-refractivity contribution in [1.82, 2.24) is 15.1 Å². The molecule has 1 fully saturated rings. The van der Waals surface area contributed by atoms with Gasteiger partial charge in [-0.2, -0.15) is 5.10 Å². The predicted octanol–water partition coefficient (Wildman–Crippen LogP) is 3.51. The van der Waals surface area contributed by atoms with Crippen LogP contribution in [0.15, 0.2) is 10.7 Å². The minimum Gasteiger partial charge on any atom is -0.312 e. The summed E-state index contributed by atoms with van der Waals surface area (Å²) in [6.07, 6.45) is 8.51. The maximum Gasteiger partial charge on any atom is 0.0695 e. The zero-order valence-electron chi connectivity index (χ0n) is 10.7. The molecule has 3 nitrogen and oxygen atoms in total. The zero-order valence-corrected chi connectivity index (χ0v) is 12.3. The van der Waals surface area contributed by atoms with Crippen LogP contribution in [0.4, 0.5) is 0 Å². The van der Waals surface area contributed by atoms with E-state index >= 15 is 0 Å². The van der Waals surface area contributed by atoms with Gasteiger partial charge in [0.1, 0.15) is 0 Å². The lowest BCUT2D eigenvalue weighted by Gasteiger charge is -2.30. The molecule has 1 aromatic heterocycles. The number of hydrogen-bond acceptors (Lipinski definition) is 2. The van der Waals surface area contributed by atoms with Gasteiger partial charge in [-0.1, -0.05) is 26.2 Å². The van der Waals surface area contributed by atoms with Crippen molar-refractivity contribution in [2.45, 2.75) is 51.6 Å². The third-order valence-electron chi connectivity index (χ3n) is 3.74. The monoisotopic (exact) mass is 299 g/mol. The molecular formula is C13H22BrN3. The molecule has 1 aliphatic rings. The van der Waals surface area contributed by atoms with Crippen LogP contribution in [0.3, 0.4) is 0 Å². The number of aryl methyl sites for hydroxylation is 1. The molecule has 0 spiro atoms. The van der Waals surface area contributed by atoms with E-state index in [1.807, 2.05) is 6.20 Å². The van der Waals surface area contributed by atoms with Gasteiger partial charge >= 0.3 is 0 Å². The maximum atomic E-state index is 4.46. The molecule has 4 heteroatoms. The third-order valence-corrected chi connectivity index (χ3v) is 4.35. The fourth-order valence-electron chi connectivity index (χ4n) is 2.54. The Balaban J connectivity index is 2.12. The second-order valence-electron chi connectivity index (χ2n) is 4.97. The van der Waals surface area contributed by atoms with Crippen molar-refractivity contribution in [2.75, 3.05) is 7.05 Å². The van der Waals surface area contributed by atoms with Crippen LogP contribution in [0.25, 0.3) is 0 Å². The molecule has 1 aromatic rings. The van der Waals surface area contributed by atoms with Crippen LogP contribution >= 0.6 is 15.9 Å². The molecule has 1 saturated carbocycles. The quantitative estimate of drug-likeness (QED) is 0.871. The van der Waals surface area contributed by atoms with Gasteiger partial charge in [0, 0.05) is 6.54 Å². The highest BCUT2D eigenvalue weighted by Gasteiger charge is 2.25. The first-order chi connectivity index (χ1) is 8.26. The van der Waals surface area contributed by atoms with Gasteiger partial charge in [-0.25, -0.2) is 0 Å². The van der Waals surface area contributed by atoms with Crippen LogP contribution in [0.2, 0.25) is 0 Å². The number of halogens is 1. The van der Waals surface area contributed by atoms with Crippen LogP contribution < -0.4 is 5.32 Å². The van der Waals surface area contributed by atoms with Crippen LogP contribution in [0.5, 0.6) is 0 Å². The molecule has 96 valence electrons. The normalized spacial score (nSPS) is 18.1. The van der Waals surface area contributed by atoms with Crippen molar-refractivity contribution in [3.63, 3.8) is 0 Å². The summed E-state index contributed by atoms with van der Waals surface area (Å²) in [5.74, 6) is 0.907. The van der Waals surface area contributed by atoms with E-state index < -0.39 is 0 Å². The lowest BCUT2D eigenvalue weighted by molar-refractivity contribution is 0.260. The molecule has 1 aliphatic carbocycles. The van der Waals surface area contributed by atoms with E-state index in [1.165, 1.54) is 31.4 Å². The molecule has 0 aromatic carbocycles. The van der Waals surface area contributed by atoms with Crippen molar-refractivity contribution in [1.29, 1.82) is 0 Å². The average Bonchev–Trinajstić information content (AvgIpc) is 2.61. The first kappa shape index (κ1) is 13.1. The van der Waals surface area contributed by atoms with E-state index in [9.17, 15) is 0 Å². The molecule has 0 bridgehead atoms. The molecule has 0 aliphatic heterocycles. The first-order valence-electron chi connectivity index (χ1n) is 6.64. The summed E-state index contributed by atoms with van der Waals surface area (Å²) in [4.78, 5) is 0. The van der Waals surface area contributed by atoms with Gasteiger partial charge in [0.05, 0.1) is 22.4 Å². The summed E-state index contributed by atoms with van der Waals surface area (Å²) >= 11 is 3.64. The largest absolute Gasteiger partial charge is 0.312 e. The van der Waals surface area contributed by atoms with E-state index in [1.54, 1.807) is 0 Å². The minimum absolute atomic E-state index is 0.434. The number of rotatable bonds is 6. The van der Waals surface area contributed by atoms with Gasteiger partial charge in [0.25, 0.3) is 0 Å². The molecule has 0 radical (unpaired) electrons. The third kappa shape index (κ3) is 2.91. The van der Waals surface area contributed by atoms with Gasteiger partial charge in [0.2, 0.25) is 0 Å². The Hall–Kier alpha value is -0.350. The summed E-state index contributed by atoms with van der Waals surface area (Å²) in [5.41, 5.74) is 1.32. The predicted molar refractivity (Wildman–Crippen MR) is 74.0 cm³/mol. The fourth-order valence-corrected chi connectivity index (χ4v) is 3.11. The summed E-state index contributed by atoms with van der Waals surface area (Å²) in [7, 11) is 2.05. The summed E-state index contributed by atoms with van der Waals surface area (Å²) in [6.45, 7) is 3.20. The summed E-state index contributed by atoms with van der Waals surface area (Å²) in [5, 5.41) is 7.91. The number of nitrogens with one attached hydrogen (secondary N) is 1. The molecule has 1 N–H and O–H groups in total. The Bertz CT molecular complexity index is 358. The Kier molecular flexibility index (Phi) is 4.62.